The molecule has 158 valence electrons. The van der Waals surface area contributed by atoms with Crippen LogP contribution >= 0.6 is 11.6 Å². The van der Waals surface area contributed by atoms with E-state index >= 15 is 0 Å². The highest BCUT2D eigenvalue weighted by Crippen LogP contribution is 2.27. The Morgan fingerprint density at radius 2 is 1.87 bits per heavy atom. The summed E-state index contributed by atoms with van der Waals surface area (Å²) in [5.74, 6) is -0.234. The number of pyridine rings is 1. The van der Waals surface area contributed by atoms with Crippen LogP contribution in [0.25, 0.3) is 0 Å². The van der Waals surface area contributed by atoms with Crippen LogP contribution in [0.2, 0.25) is 5.02 Å². The van der Waals surface area contributed by atoms with Gasteiger partial charge in [0, 0.05) is 24.3 Å². The van der Waals surface area contributed by atoms with Gasteiger partial charge in [-0.3, -0.25) is 19.4 Å². The lowest BCUT2D eigenvalue weighted by atomic mass is 9.91. The largest absolute Gasteiger partial charge is 0.342 e. The van der Waals surface area contributed by atoms with Gasteiger partial charge in [0.15, 0.2) is 0 Å². The second-order valence-corrected chi connectivity index (χ2v) is 8.23. The summed E-state index contributed by atoms with van der Waals surface area (Å²) in [6.45, 7) is 5.34. The highest BCUT2D eigenvalue weighted by atomic mass is 35.5. The Morgan fingerprint density at radius 1 is 1.13 bits per heavy atom. The zero-order valence-corrected chi connectivity index (χ0v) is 17.8. The van der Waals surface area contributed by atoms with Gasteiger partial charge in [0.25, 0.3) is 11.8 Å². The normalized spacial score (nSPS) is 18.6. The smallest absolute Gasteiger partial charge is 0.270 e. The number of benzene rings is 1. The quantitative estimate of drug-likeness (QED) is 0.764. The van der Waals surface area contributed by atoms with Crippen LogP contribution in [0.1, 0.15) is 41.1 Å². The number of aromatic nitrogens is 1. The summed E-state index contributed by atoms with van der Waals surface area (Å²) in [6, 6.07) is 9.73. The molecule has 0 saturated carbocycles. The third-order valence-corrected chi connectivity index (χ3v) is 5.18. The van der Waals surface area contributed by atoms with Crippen LogP contribution in [0.5, 0.6) is 0 Å². The Balaban J connectivity index is 1.68. The van der Waals surface area contributed by atoms with Gasteiger partial charge in [-0.15, -0.1) is 0 Å². The zero-order valence-electron chi connectivity index (χ0n) is 17.0. The molecule has 0 spiro atoms. The maximum atomic E-state index is 13.1. The van der Waals surface area contributed by atoms with Crippen LogP contribution in [0.3, 0.4) is 0 Å². The van der Waals surface area contributed by atoms with E-state index in [0.717, 1.165) is 6.42 Å². The van der Waals surface area contributed by atoms with E-state index in [4.69, 9.17) is 11.6 Å². The second kappa shape index (κ2) is 9.71. The first-order valence-electron chi connectivity index (χ1n) is 9.91. The summed E-state index contributed by atoms with van der Waals surface area (Å²) in [6.07, 6.45) is 2.59. The van der Waals surface area contributed by atoms with Gasteiger partial charge in [-0.25, -0.2) is 0 Å². The Hall–Kier alpha value is -2.93. The molecule has 1 saturated heterocycles. The minimum atomic E-state index is -0.450. The number of piperidine rings is 1. The highest BCUT2D eigenvalue weighted by Gasteiger charge is 2.28. The predicted molar refractivity (Wildman–Crippen MR) is 116 cm³/mol. The molecule has 0 radical (unpaired) electrons. The summed E-state index contributed by atoms with van der Waals surface area (Å²) in [7, 11) is 0. The molecule has 1 aliphatic heterocycles. The van der Waals surface area contributed by atoms with Gasteiger partial charge in [-0.1, -0.05) is 31.5 Å². The van der Waals surface area contributed by atoms with E-state index in [0.29, 0.717) is 41.2 Å². The fourth-order valence-electron chi connectivity index (χ4n) is 3.74. The van der Waals surface area contributed by atoms with Gasteiger partial charge >= 0.3 is 0 Å². The van der Waals surface area contributed by atoms with Crippen molar-refractivity contribution in [2.24, 2.45) is 11.8 Å². The van der Waals surface area contributed by atoms with E-state index in [1.54, 1.807) is 36.4 Å². The maximum Gasteiger partial charge on any atom is 0.270 e. The Bertz CT molecular complexity index is 925. The first-order valence-corrected chi connectivity index (χ1v) is 10.3. The molecule has 2 aromatic rings. The fourth-order valence-corrected chi connectivity index (χ4v) is 3.92. The van der Waals surface area contributed by atoms with Gasteiger partial charge in [0.2, 0.25) is 5.91 Å². The molecule has 3 rings (SSSR count). The van der Waals surface area contributed by atoms with E-state index in [9.17, 15) is 14.4 Å². The van der Waals surface area contributed by atoms with Crippen LogP contribution in [0, 0.1) is 11.8 Å². The number of anilines is 1. The zero-order chi connectivity index (χ0) is 21.7. The van der Waals surface area contributed by atoms with Crippen LogP contribution in [0.4, 0.5) is 5.69 Å². The number of likely N-dealkylation sites (tertiary alicyclic amines) is 1. The topological polar surface area (TPSA) is 91.4 Å². The molecule has 2 atom stereocenters. The Morgan fingerprint density at radius 3 is 2.53 bits per heavy atom. The predicted octanol–water partition coefficient (Wildman–Crippen LogP) is 3.22. The molecule has 2 N–H and O–H groups in total. The Kier molecular flexibility index (Phi) is 7.05. The van der Waals surface area contributed by atoms with Crippen molar-refractivity contribution < 1.29 is 14.4 Å². The SMILES string of the molecule is CC1C[C@H](C)CN(C(=O)c2cc(Cl)ccc2NC(=O)CNC(=O)c2ccccn2)C1. The van der Waals surface area contributed by atoms with Crippen LogP contribution in [-0.4, -0.2) is 47.2 Å². The van der Waals surface area contributed by atoms with Gasteiger partial charge in [0.05, 0.1) is 17.8 Å². The van der Waals surface area contributed by atoms with Crippen molar-refractivity contribution in [3.05, 3.63) is 58.9 Å². The molecule has 1 unspecified atom stereocenters. The lowest BCUT2D eigenvalue weighted by molar-refractivity contribution is -0.115. The number of nitrogens with zero attached hydrogens (tertiary/aromatic N) is 2. The maximum absolute atomic E-state index is 13.1. The molecular weight excluding hydrogens is 404 g/mol. The standard InChI is InChI=1S/C22H25ClN4O3/c1-14-9-15(2)13-27(12-14)22(30)17-10-16(23)6-7-18(17)26-20(28)11-25-21(29)19-5-3-4-8-24-19/h3-8,10,14-15H,9,11-13H2,1-2H3,(H,25,29)(H,26,28)/t14-,15?/m0/s1. The number of rotatable bonds is 5. The number of carbonyl (C=O) groups excluding carboxylic acids is 3. The molecule has 8 heteroatoms. The molecule has 7 nitrogen and oxygen atoms in total. The second-order valence-electron chi connectivity index (χ2n) is 7.79. The molecule has 1 aliphatic rings. The van der Waals surface area contributed by atoms with E-state index in [1.165, 1.54) is 6.20 Å². The van der Waals surface area contributed by atoms with Crippen molar-refractivity contribution in [1.29, 1.82) is 0 Å². The van der Waals surface area contributed by atoms with E-state index in [-0.39, 0.29) is 18.1 Å². The van der Waals surface area contributed by atoms with Gasteiger partial charge in [-0.05, 0) is 48.6 Å². The summed E-state index contributed by atoms with van der Waals surface area (Å²) >= 11 is 6.12. The molecule has 0 bridgehead atoms. The average Bonchev–Trinajstić information content (AvgIpc) is 2.72. The van der Waals surface area contributed by atoms with Crippen molar-refractivity contribution in [3.8, 4) is 0 Å². The number of nitrogens with one attached hydrogen (secondary N) is 2. The molecule has 1 fully saturated rings. The third kappa shape index (κ3) is 5.57. The summed E-state index contributed by atoms with van der Waals surface area (Å²) < 4.78 is 0. The van der Waals surface area contributed by atoms with E-state index in [2.05, 4.69) is 29.5 Å². The van der Waals surface area contributed by atoms with Gasteiger partial charge < -0.3 is 15.5 Å². The first-order chi connectivity index (χ1) is 14.3. The fraction of sp³-hybridized carbons (Fsp3) is 0.364. The molecule has 30 heavy (non-hydrogen) atoms. The number of halogens is 1. The van der Waals surface area contributed by atoms with Crippen molar-refractivity contribution in [3.63, 3.8) is 0 Å². The van der Waals surface area contributed by atoms with Crippen molar-refractivity contribution >= 4 is 35.0 Å². The summed E-state index contributed by atoms with van der Waals surface area (Å²) in [5, 5.41) is 5.64. The minimum absolute atomic E-state index is 0.163. The Labute approximate surface area is 180 Å². The molecule has 1 aromatic heterocycles. The van der Waals surface area contributed by atoms with Crippen LogP contribution < -0.4 is 10.6 Å². The number of amides is 3. The lowest BCUT2D eigenvalue weighted by Crippen LogP contribution is -2.43. The van der Waals surface area contributed by atoms with Gasteiger partial charge in [-0.2, -0.15) is 0 Å². The molecule has 3 amide bonds. The summed E-state index contributed by atoms with van der Waals surface area (Å²) in [4.78, 5) is 43.3. The van der Waals surface area contributed by atoms with Crippen molar-refractivity contribution in [1.82, 2.24) is 15.2 Å². The van der Waals surface area contributed by atoms with Crippen LogP contribution in [0.15, 0.2) is 42.6 Å². The molecular formula is C22H25ClN4O3. The molecule has 0 aliphatic carbocycles. The molecule has 2 heterocycles. The van der Waals surface area contributed by atoms with E-state index in [1.807, 2.05) is 4.90 Å². The number of carbonyl (C=O) groups is 3. The van der Waals surface area contributed by atoms with Gasteiger partial charge in [0.1, 0.15) is 5.69 Å². The highest BCUT2D eigenvalue weighted by molar-refractivity contribution is 6.31. The lowest BCUT2D eigenvalue weighted by Gasteiger charge is -2.35. The average molecular weight is 429 g/mol. The monoisotopic (exact) mass is 428 g/mol. The van der Waals surface area contributed by atoms with E-state index < -0.39 is 11.8 Å². The minimum Gasteiger partial charge on any atom is -0.342 e. The first kappa shape index (κ1) is 21.8. The van der Waals surface area contributed by atoms with Crippen molar-refractivity contribution in [2.45, 2.75) is 20.3 Å². The molecule has 1 aromatic carbocycles. The number of hydrogen-bond donors (Lipinski definition) is 2. The van der Waals surface area contributed by atoms with Crippen molar-refractivity contribution in [2.75, 3.05) is 25.0 Å². The third-order valence-electron chi connectivity index (χ3n) is 4.95. The summed E-state index contributed by atoms with van der Waals surface area (Å²) in [5.41, 5.74) is 0.932. The number of hydrogen-bond acceptors (Lipinski definition) is 4. The van der Waals surface area contributed by atoms with Crippen LogP contribution in [-0.2, 0) is 4.79 Å².